The largest absolute Gasteiger partial charge is 0.381 e. The first-order chi connectivity index (χ1) is 9.60. The van der Waals surface area contributed by atoms with Crippen molar-refractivity contribution in [3.63, 3.8) is 0 Å². The Balaban J connectivity index is 2.05. The number of aromatic nitrogens is 3. The molecule has 0 atom stereocenters. The minimum absolute atomic E-state index is 0.159. The van der Waals surface area contributed by atoms with E-state index in [4.69, 9.17) is 0 Å². The molecule has 0 aliphatic heterocycles. The van der Waals surface area contributed by atoms with Crippen molar-refractivity contribution in [1.82, 2.24) is 20.1 Å². The number of anilines is 1. The van der Waals surface area contributed by atoms with Crippen molar-refractivity contribution in [1.29, 1.82) is 0 Å². The van der Waals surface area contributed by atoms with Crippen LogP contribution in [0.3, 0.4) is 0 Å². The van der Waals surface area contributed by atoms with Gasteiger partial charge in [-0.25, -0.2) is 0 Å². The van der Waals surface area contributed by atoms with Crippen molar-refractivity contribution in [3.8, 4) is 0 Å². The highest BCUT2D eigenvalue weighted by Crippen LogP contribution is 2.12. The zero-order chi connectivity index (χ0) is 14.5. The summed E-state index contributed by atoms with van der Waals surface area (Å²) in [6, 6.07) is 3.59. The third kappa shape index (κ3) is 3.34. The first kappa shape index (κ1) is 14.0. The van der Waals surface area contributed by atoms with Crippen LogP contribution in [0.25, 0.3) is 0 Å². The molecule has 2 aromatic rings. The lowest BCUT2D eigenvalue weighted by Gasteiger charge is -2.07. The lowest BCUT2D eigenvalue weighted by atomic mass is 10.2. The highest BCUT2D eigenvalue weighted by molar-refractivity contribution is 5.93. The van der Waals surface area contributed by atoms with Gasteiger partial charge in [0.05, 0.1) is 5.69 Å². The molecule has 0 aliphatic rings. The molecule has 2 heterocycles. The van der Waals surface area contributed by atoms with Crippen molar-refractivity contribution in [2.24, 2.45) is 7.05 Å². The van der Waals surface area contributed by atoms with Crippen LogP contribution in [-0.2, 0) is 13.6 Å². The van der Waals surface area contributed by atoms with Crippen molar-refractivity contribution >= 4 is 11.6 Å². The highest BCUT2D eigenvalue weighted by atomic mass is 16.1. The molecule has 0 saturated carbocycles. The van der Waals surface area contributed by atoms with Crippen molar-refractivity contribution in [3.05, 3.63) is 41.5 Å². The summed E-state index contributed by atoms with van der Waals surface area (Å²) in [7, 11) is 1.90. The molecule has 0 fully saturated rings. The second kappa shape index (κ2) is 6.18. The maximum Gasteiger partial charge on any atom is 0.269 e. The first-order valence-electron chi connectivity index (χ1n) is 6.57. The third-order valence-electron chi connectivity index (χ3n) is 2.93. The van der Waals surface area contributed by atoms with Crippen LogP contribution >= 0.6 is 0 Å². The Bertz CT molecular complexity index is 605. The molecular weight excluding hydrogens is 254 g/mol. The SMILES string of the molecule is CCNC(=O)c1cc(NCc2cn(C)nc2C)ccn1. The molecule has 106 valence electrons. The van der Waals surface area contributed by atoms with Gasteiger partial charge in [-0.05, 0) is 26.0 Å². The Morgan fingerprint density at radius 3 is 2.90 bits per heavy atom. The molecule has 0 saturated heterocycles. The second-order valence-corrected chi connectivity index (χ2v) is 4.56. The van der Waals surface area contributed by atoms with Gasteiger partial charge in [0.25, 0.3) is 5.91 Å². The fourth-order valence-electron chi connectivity index (χ4n) is 1.94. The minimum atomic E-state index is -0.159. The van der Waals surface area contributed by atoms with Crippen LogP contribution in [0.4, 0.5) is 5.69 Å². The summed E-state index contributed by atoms with van der Waals surface area (Å²) in [5.74, 6) is -0.159. The van der Waals surface area contributed by atoms with Crippen LogP contribution in [0.5, 0.6) is 0 Å². The minimum Gasteiger partial charge on any atom is -0.381 e. The zero-order valence-electron chi connectivity index (χ0n) is 12.0. The Kier molecular flexibility index (Phi) is 4.34. The summed E-state index contributed by atoms with van der Waals surface area (Å²) in [4.78, 5) is 15.8. The summed E-state index contributed by atoms with van der Waals surface area (Å²) in [6.45, 7) is 5.11. The van der Waals surface area contributed by atoms with Gasteiger partial charge in [-0.2, -0.15) is 5.10 Å². The topological polar surface area (TPSA) is 71.8 Å². The molecule has 0 aromatic carbocycles. The van der Waals surface area contributed by atoms with E-state index < -0.39 is 0 Å². The fourth-order valence-corrected chi connectivity index (χ4v) is 1.94. The second-order valence-electron chi connectivity index (χ2n) is 4.56. The fraction of sp³-hybridized carbons (Fsp3) is 0.357. The smallest absolute Gasteiger partial charge is 0.269 e. The summed E-state index contributed by atoms with van der Waals surface area (Å²) < 4.78 is 1.79. The van der Waals surface area contributed by atoms with Crippen molar-refractivity contribution in [2.45, 2.75) is 20.4 Å². The molecule has 0 bridgehead atoms. The number of rotatable bonds is 5. The van der Waals surface area contributed by atoms with E-state index in [1.807, 2.05) is 33.2 Å². The van der Waals surface area contributed by atoms with Gasteiger partial charge < -0.3 is 10.6 Å². The van der Waals surface area contributed by atoms with E-state index in [2.05, 4.69) is 20.7 Å². The molecular formula is C14H19N5O. The number of pyridine rings is 1. The normalized spacial score (nSPS) is 10.3. The van der Waals surface area contributed by atoms with Crippen molar-refractivity contribution in [2.75, 3.05) is 11.9 Å². The van der Waals surface area contributed by atoms with E-state index in [9.17, 15) is 4.79 Å². The summed E-state index contributed by atoms with van der Waals surface area (Å²) in [5, 5.41) is 10.3. The number of aryl methyl sites for hydroxylation is 2. The van der Waals surface area contributed by atoms with Crippen LogP contribution in [0.2, 0.25) is 0 Å². The standard InChI is InChI=1S/C14H19N5O/c1-4-15-14(20)13-7-12(5-6-16-13)17-8-11-9-19(3)18-10(11)2/h5-7,9H,4,8H2,1-3H3,(H,15,20)(H,16,17). The maximum atomic E-state index is 11.7. The lowest BCUT2D eigenvalue weighted by Crippen LogP contribution is -2.23. The van der Waals surface area contributed by atoms with Crippen LogP contribution in [0.1, 0.15) is 28.7 Å². The predicted octanol–water partition coefficient (Wildman–Crippen LogP) is 1.49. The number of hydrogen-bond acceptors (Lipinski definition) is 4. The Morgan fingerprint density at radius 1 is 1.45 bits per heavy atom. The number of hydrogen-bond donors (Lipinski definition) is 2. The van der Waals surface area contributed by atoms with Gasteiger partial charge in [-0.15, -0.1) is 0 Å². The third-order valence-corrected chi connectivity index (χ3v) is 2.93. The Labute approximate surface area is 118 Å². The summed E-state index contributed by atoms with van der Waals surface area (Å²) in [6.07, 6.45) is 3.61. The molecule has 0 spiro atoms. The van der Waals surface area contributed by atoms with Crippen LogP contribution in [0.15, 0.2) is 24.5 Å². The Morgan fingerprint density at radius 2 is 2.25 bits per heavy atom. The van der Waals surface area contributed by atoms with E-state index in [1.165, 1.54) is 0 Å². The van der Waals surface area contributed by atoms with Gasteiger partial charge in [0, 0.05) is 43.8 Å². The quantitative estimate of drug-likeness (QED) is 0.865. The van der Waals surface area contributed by atoms with Gasteiger partial charge in [0.1, 0.15) is 5.69 Å². The predicted molar refractivity (Wildman–Crippen MR) is 77.5 cm³/mol. The molecule has 2 N–H and O–H groups in total. The molecule has 6 nitrogen and oxygen atoms in total. The van der Waals surface area contributed by atoms with Gasteiger partial charge in [-0.1, -0.05) is 0 Å². The van der Waals surface area contributed by atoms with E-state index >= 15 is 0 Å². The summed E-state index contributed by atoms with van der Waals surface area (Å²) >= 11 is 0. The molecule has 0 unspecified atom stereocenters. The molecule has 2 aromatic heterocycles. The molecule has 20 heavy (non-hydrogen) atoms. The monoisotopic (exact) mass is 273 g/mol. The Hall–Kier alpha value is -2.37. The number of nitrogens with one attached hydrogen (secondary N) is 2. The van der Waals surface area contributed by atoms with Gasteiger partial charge in [0.2, 0.25) is 0 Å². The number of carbonyl (C=O) groups is 1. The average molecular weight is 273 g/mol. The van der Waals surface area contributed by atoms with E-state index in [0.717, 1.165) is 16.9 Å². The summed E-state index contributed by atoms with van der Waals surface area (Å²) in [5.41, 5.74) is 3.41. The molecule has 6 heteroatoms. The van der Waals surface area contributed by atoms with E-state index in [-0.39, 0.29) is 5.91 Å². The van der Waals surface area contributed by atoms with Crippen molar-refractivity contribution < 1.29 is 4.79 Å². The molecule has 0 radical (unpaired) electrons. The number of carbonyl (C=O) groups excluding carboxylic acids is 1. The van der Waals surface area contributed by atoms with Crippen LogP contribution in [-0.4, -0.2) is 27.2 Å². The van der Waals surface area contributed by atoms with E-state index in [0.29, 0.717) is 18.8 Å². The molecule has 0 aliphatic carbocycles. The molecule has 1 amide bonds. The van der Waals surface area contributed by atoms with Crippen LogP contribution < -0.4 is 10.6 Å². The first-order valence-corrected chi connectivity index (χ1v) is 6.57. The highest BCUT2D eigenvalue weighted by Gasteiger charge is 2.07. The average Bonchev–Trinajstić information content (AvgIpc) is 2.75. The zero-order valence-corrected chi connectivity index (χ0v) is 12.0. The number of nitrogens with zero attached hydrogens (tertiary/aromatic N) is 3. The lowest BCUT2D eigenvalue weighted by molar-refractivity contribution is 0.0951. The molecule has 2 rings (SSSR count). The van der Waals surface area contributed by atoms with Crippen LogP contribution in [0, 0.1) is 6.92 Å². The van der Waals surface area contributed by atoms with E-state index in [1.54, 1.807) is 16.9 Å². The number of amides is 1. The maximum absolute atomic E-state index is 11.7. The van der Waals surface area contributed by atoms with Gasteiger partial charge >= 0.3 is 0 Å². The van der Waals surface area contributed by atoms with Gasteiger partial charge in [0.15, 0.2) is 0 Å². The van der Waals surface area contributed by atoms with Gasteiger partial charge in [-0.3, -0.25) is 14.5 Å².